The number of methoxy groups -OCH3 is 1. The number of hydrogen-bond donors (Lipinski definition) is 0. The maximum Gasteiger partial charge on any atom is 0.331 e. The topological polar surface area (TPSA) is 66.4 Å². The zero-order valence-corrected chi connectivity index (χ0v) is 13.8. The second-order valence-corrected chi connectivity index (χ2v) is 5.51. The van der Waals surface area contributed by atoms with Crippen LogP contribution in [-0.4, -0.2) is 16.2 Å². The highest BCUT2D eigenvalue weighted by molar-refractivity contribution is 5.62. The van der Waals surface area contributed by atoms with E-state index in [2.05, 4.69) is 4.74 Å². The van der Waals surface area contributed by atoms with Gasteiger partial charge in [0.2, 0.25) is 5.82 Å². The van der Waals surface area contributed by atoms with Gasteiger partial charge in [0.05, 0.1) is 25.5 Å². The third-order valence-corrected chi connectivity index (χ3v) is 3.85. The summed E-state index contributed by atoms with van der Waals surface area (Å²) in [4.78, 5) is 23.4. The van der Waals surface area contributed by atoms with Crippen molar-refractivity contribution in [2.75, 3.05) is 7.11 Å². The van der Waals surface area contributed by atoms with Crippen molar-refractivity contribution in [1.82, 2.24) is 9.13 Å². The van der Waals surface area contributed by atoms with Gasteiger partial charge in [0.1, 0.15) is 5.76 Å². The Balaban J connectivity index is 1.99. The Morgan fingerprint density at radius 1 is 1.15 bits per heavy atom. The minimum atomic E-state index is -1.43. The molecular formula is C17H13F3N2O4. The highest BCUT2D eigenvalue weighted by Gasteiger charge is 2.22. The SMILES string of the molecule is COc1c(F)c(F)cc(-c2cc(Cn3ccc(=O)n(C)c3=O)co2)c1F. The summed E-state index contributed by atoms with van der Waals surface area (Å²) in [6.45, 7) is 0.0406. The molecule has 0 aliphatic carbocycles. The Bertz CT molecular complexity index is 1100. The third kappa shape index (κ3) is 2.92. The average molecular weight is 366 g/mol. The van der Waals surface area contributed by atoms with Gasteiger partial charge >= 0.3 is 5.69 Å². The van der Waals surface area contributed by atoms with Crippen LogP contribution in [0.5, 0.6) is 5.75 Å². The van der Waals surface area contributed by atoms with Gasteiger partial charge in [-0.1, -0.05) is 0 Å². The smallest absolute Gasteiger partial charge is 0.331 e. The maximum absolute atomic E-state index is 14.3. The van der Waals surface area contributed by atoms with Crippen molar-refractivity contribution >= 4 is 0 Å². The molecule has 0 unspecified atom stereocenters. The van der Waals surface area contributed by atoms with Crippen LogP contribution in [0, 0.1) is 17.5 Å². The molecule has 2 heterocycles. The summed E-state index contributed by atoms with van der Waals surface area (Å²) >= 11 is 0. The first kappa shape index (κ1) is 17.6. The minimum absolute atomic E-state index is 0.0406. The molecule has 3 rings (SSSR count). The van der Waals surface area contributed by atoms with Crippen LogP contribution in [0.25, 0.3) is 11.3 Å². The molecule has 0 atom stereocenters. The van der Waals surface area contributed by atoms with E-state index in [1.165, 1.54) is 36.2 Å². The first-order valence-electron chi connectivity index (χ1n) is 7.39. The average Bonchev–Trinajstić information content (AvgIpc) is 3.07. The predicted molar refractivity (Wildman–Crippen MR) is 85.6 cm³/mol. The molecule has 0 aliphatic heterocycles. The van der Waals surface area contributed by atoms with Crippen LogP contribution in [-0.2, 0) is 13.6 Å². The maximum atomic E-state index is 14.3. The van der Waals surface area contributed by atoms with Gasteiger partial charge < -0.3 is 9.15 Å². The van der Waals surface area contributed by atoms with Gasteiger partial charge in [-0.3, -0.25) is 13.9 Å². The Morgan fingerprint density at radius 3 is 2.58 bits per heavy atom. The second-order valence-electron chi connectivity index (χ2n) is 5.51. The number of halogens is 3. The van der Waals surface area contributed by atoms with Gasteiger partial charge in [0.25, 0.3) is 5.56 Å². The number of furan rings is 1. The van der Waals surface area contributed by atoms with Crippen LogP contribution in [0.3, 0.4) is 0 Å². The van der Waals surface area contributed by atoms with Crippen molar-refractivity contribution in [3.63, 3.8) is 0 Å². The lowest BCUT2D eigenvalue weighted by Gasteiger charge is -2.07. The lowest BCUT2D eigenvalue weighted by molar-refractivity contribution is 0.347. The van der Waals surface area contributed by atoms with E-state index in [0.717, 1.165) is 11.7 Å². The van der Waals surface area contributed by atoms with Gasteiger partial charge in [0.15, 0.2) is 17.4 Å². The molecule has 0 bridgehead atoms. The van der Waals surface area contributed by atoms with Gasteiger partial charge in [-0.25, -0.2) is 13.6 Å². The van der Waals surface area contributed by atoms with E-state index in [-0.39, 0.29) is 17.9 Å². The van der Waals surface area contributed by atoms with E-state index in [4.69, 9.17) is 4.42 Å². The summed E-state index contributed by atoms with van der Waals surface area (Å²) in [6.07, 6.45) is 2.57. The van der Waals surface area contributed by atoms with Crippen LogP contribution in [0.4, 0.5) is 13.2 Å². The molecule has 0 N–H and O–H groups in total. The van der Waals surface area contributed by atoms with Gasteiger partial charge in [-0.15, -0.1) is 0 Å². The van der Waals surface area contributed by atoms with E-state index in [0.29, 0.717) is 11.6 Å². The van der Waals surface area contributed by atoms with E-state index in [9.17, 15) is 22.8 Å². The number of hydrogen-bond acceptors (Lipinski definition) is 4. The normalized spacial score (nSPS) is 11.0. The summed E-state index contributed by atoms with van der Waals surface area (Å²) in [7, 11) is 2.36. The van der Waals surface area contributed by atoms with Crippen molar-refractivity contribution in [2.24, 2.45) is 7.05 Å². The first-order valence-corrected chi connectivity index (χ1v) is 7.39. The summed E-state index contributed by atoms with van der Waals surface area (Å²) in [5, 5.41) is 0. The third-order valence-electron chi connectivity index (χ3n) is 3.85. The lowest BCUT2D eigenvalue weighted by Crippen LogP contribution is -2.36. The fourth-order valence-corrected chi connectivity index (χ4v) is 2.47. The largest absolute Gasteiger partial charge is 0.491 e. The molecular weight excluding hydrogens is 353 g/mol. The van der Waals surface area contributed by atoms with Crippen molar-refractivity contribution in [3.05, 3.63) is 74.5 Å². The minimum Gasteiger partial charge on any atom is -0.491 e. The van der Waals surface area contributed by atoms with Crippen LogP contribution in [0.15, 0.2) is 44.7 Å². The Morgan fingerprint density at radius 2 is 1.88 bits per heavy atom. The molecule has 0 amide bonds. The molecule has 2 aromatic heterocycles. The van der Waals surface area contributed by atoms with Crippen LogP contribution in [0.2, 0.25) is 0 Å². The zero-order valence-electron chi connectivity index (χ0n) is 13.8. The van der Waals surface area contributed by atoms with Crippen molar-refractivity contribution in [1.29, 1.82) is 0 Å². The van der Waals surface area contributed by atoms with Crippen molar-refractivity contribution in [3.8, 4) is 17.1 Å². The molecule has 0 spiro atoms. The summed E-state index contributed by atoms with van der Waals surface area (Å²) in [6, 6.07) is 3.27. The Labute approximate surface area is 144 Å². The predicted octanol–water partition coefficient (Wildman–Crippen LogP) is 2.28. The van der Waals surface area contributed by atoms with Crippen LogP contribution >= 0.6 is 0 Å². The fourth-order valence-electron chi connectivity index (χ4n) is 2.47. The monoisotopic (exact) mass is 366 g/mol. The summed E-state index contributed by atoms with van der Waals surface area (Å²) in [5.74, 6) is -4.74. The highest BCUT2D eigenvalue weighted by Crippen LogP contribution is 2.34. The van der Waals surface area contributed by atoms with Gasteiger partial charge in [0, 0.05) is 24.9 Å². The summed E-state index contributed by atoms with van der Waals surface area (Å²) in [5.41, 5.74) is -0.848. The molecule has 3 aromatic rings. The molecule has 9 heteroatoms. The highest BCUT2D eigenvalue weighted by atomic mass is 19.2. The molecule has 0 saturated heterocycles. The van der Waals surface area contributed by atoms with E-state index in [1.807, 2.05) is 0 Å². The Kier molecular flexibility index (Phi) is 4.45. The van der Waals surface area contributed by atoms with E-state index in [1.54, 1.807) is 0 Å². The zero-order chi connectivity index (χ0) is 19.0. The molecule has 0 radical (unpaired) electrons. The molecule has 0 saturated carbocycles. The number of benzene rings is 1. The fraction of sp³-hybridized carbons (Fsp3) is 0.176. The van der Waals surface area contributed by atoms with E-state index >= 15 is 0 Å². The number of nitrogens with zero attached hydrogens (tertiary/aromatic N) is 2. The standard InChI is InChI=1S/C17H13F3N2O4/c1-21-13(23)3-4-22(17(21)24)7-9-5-12(26-8-9)10-6-11(18)15(20)16(25-2)14(10)19/h3-6,8H,7H2,1-2H3. The van der Waals surface area contributed by atoms with Gasteiger partial charge in [-0.2, -0.15) is 4.39 Å². The van der Waals surface area contributed by atoms with Gasteiger partial charge in [-0.05, 0) is 12.1 Å². The summed E-state index contributed by atoms with van der Waals surface area (Å²) < 4.78 is 53.4. The second kappa shape index (κ2) is 6.58. The van der Waals surface area contributed by atoms with Crippen molar-refractivity contribution < 1.29 is 22.3 Å². The molecule has 0 fully saturated rings. The number of rotatable bonds is 4. The van der Waals surface area contributed by atoms with Crippen LogP contribution in [0.1, 0.15) is 5.56 Å². The molecule has 0 aliphatic rings. The van der Waals surface area contributed by atoms with Crippen molar-refractivity contribution in [2.45, 2.75) is 6.54 Å². The molecule has 26 heavy (non-hydrogen) atoms. The van der Waals surface area contributed by atoms with E-state index < -0.39 is 34.5 Å². The number of ether oxygens (including phenoxy) is 1. The molecule has 6 nitrogen and oxygen atoms in total. The quantitative estimate of drug-likeness (QED) is 0.665. The lowest BCUT2D eigenvalue weighted by atomic mass is 10.1. The van der Waals surface area contributed by atoms with Crippen LogP contribution < -0.4 is 16.0 Å². The first-order chi connectivity index (χ1) is 12.3. The number of aromatic nitrogens is 2. The Hall–Kier alpha value is -3.23. The molecule has 1 aromatic carbocycles. The molecule has 136 valence electrons.